The number of nitrogens with zero attached hydrogens (tertiary/aromatic N) is 1. The van der Waals surface area contributed by atoms with Crippen molar-refractivity contribution in [2.45, 2.75) is 117 Å². The van der Waals surface area contributed by atoms with Crippen LogP contribution in [-0.4, -0.2) is 29.9 Å². The largest absolute Gasteiger partial charge is 0.341 e. The highest BCUT2D eigenvalue weighted by molar-refractivity contribution is 5.81. The lowest BCUT2D eigenvalue weighted by molar-refractivity contribution is -0.134. The number of nitrogens with two attached hydrogens (primary N) is 1. The highest BCUT2D eigenvalue weighted by Crippen LogP contribution is 2.13. The molecule has 1 amide bonds. The standard InChI is InChI=1S/C22H46N2O/c1-5-8-10-12-14-16-18-24(19-17-15-13-11-9-6-2)22(25)21(23)20(4)7-3/h20-21H,5-19,23H2,1-4H3/t20-,21-/m0/s1. The molecule has 0 aliphatic carbocycles. The first kappa shape index (κ1) is 24.4. The number of carbonyl (C=O) groups is 1. The molecule has 0 spiro atoms. The van der Waals surface area contributed by atoms with E-state index < -0.39 is 0 Å². The molecule has 0 aromatic heterocycles. The molecule has 2 atom stereocenters. The van der Waals surface area contributed by atoms with Gasteiger partial charge < -0.3 is 10.6 Å². The van der Waals surface area contributed by atoms with E-state index in [9.17, 15) is 4.79 Å². The Bertz CT molecular complexity index is 290. The topological polar surface area (TPSA) is 46.3 Å². The van der Waals surface area contributed by atoms with E-state index in [0.29, 0.717) is 0 Å². The van der Waals surface area contributed by atoms with Crippen molar-refractivity contribution in [2.75, 3.05) is 13.1 Å². The van der Waals surface area contributed by atoms with E-state index in [-0.39, 0.29) is 17.9 Å². The monoisotopic (exact) mass is 354 g/mol. The molecule has 0 fully saturated rings. The SMILES string of the molecule is CCCCCCCCN(CCCCCCCC)C(=O)[C@@H](N)[C@@H](C)CC. The maximum absolute atomic E-state index is 12.8. The molecule has 0 bridgehead atoms. The van der Waals surface area contributed by atoms with Gasteiger partial charge in [0, 0.05) is 13.1 Å². The minimum atomic E-state index is -0.329. The number of amides is 1. The molecule has 25 heavy (non-hydrogen) atoms. The lowest BCUT2D eigenvalue weighted by atomic mass is 9.98. The Morgan fingerprint density at radius 3 is 1.56 bits per heavy atom. The van der Waals surface area contributed by atoms with Crippen molar-refractivity contribution in [3.63, 3.8) is 0 Å². The minimum absolute atomic E-state index is 0.177. The molecule has 2 N–H and O–H groups in total. The van der Waals surface area contributed by atoms with Gasteiger partial charge in [-0.3, -0.25) is 4.79 Å². The molecule has 3 heteroatoms. The summed E-state index contributed by atoms with van der Waals surface area (Å²) < 4.78 is 0. The van der Waals surface area contributed by atoms with Crippen LogP contribution in [0.1, 0.15) is 111 Å². The van der Waals surface area contributed by atoms with Crippen molar-refractivity contribution >= 4 is 5.91 Å². The zero-order chi connectivity index (χ0) is 18.9. The van der Waals surface area contributed by atoms with Crippen LogP contribution in [0, 0.1) is 5.92 Å². The summed E-state index contributed by atoms with van der Waals surface area (Å²) in [6.45, 7) is 10.5. The Kier molecular flexibility index (Phi) is 16.5. The Morgan fingerprint density at radius 1 is 0.760 bits per heavy atom. The molecular formula is C22H46N2O. The predicted molar refractivity (Wildman–Crippen MR) is 111 cm³/mol. The first-order chi connectivity index (χ1) is 12.1. The summed E-state index contributed by atoms with van der Waals surface area (Å²) in [4.78, 5) is 14.8. The van der Waals surface area contributed by atoms with Gasteiger partial charge in [-0.15, -0.1) is 0 Å². The third kappa shape index (κ3) is 12.4. The fourth-order valence-corrected chi connectivity index (χ4v) is 3.21. The third-order valence-corrected chi connectivity index (χ3v) is 5.42. The average Bonchev–Trinajstić information content (AvgIpc) is 2.63. The average molecular weight is 355 g/mol. The van der Waals surface area contributed by atoms with Gasteiger partial charge in [-0.05, 0) is 18.8 Å². The van der Waals surface area contributed by atoms with Crippen LogP contribution in [0.4, 0.5) is 0 Å². The summed E-state index contributed by atoms with van der Waals surface area (Å²) in [5.74, 6) is 0.445. The highest BCUT2D eigenvalue weighted by atomic mass is 16.2. The molecular weight excluding hydrogens is 308 g/mol. The maximum Gasteiger partial charge on any atom is 0.239 e. The van der Waals surface area contributed by atoms with Crippen molar-refractivity contribution in [3.05, 3.63) is 0 Å². The normalized spacial score (nSPS) is 13.6. The lowest BCUT2D eigenvalue weighted by Crippen LogP contribution is -2.47. The van der Waals surface area contributed by atoms with Crippen LogP contribution < -0.4 is 5.73 Å². The van der Waals surface area contributed by atoms with Crippen molar-refractivity contribution in [3.8, 4) is 0 Å². The fraction of sp³-hybridized carbons (Fsp3) is 0.955. The van der Waals surface area contributed by atoms with Gasteiger partial charge in [0.25, 0.3) is 0 Å². The molecule has 0 aliphatic rings. The van der Waals surface area contributed by atoms with Gasteiger partial charge in [-0.1, -0.05) is 98.3 Å². The number of unbranched alkanes of at least 4 members (excludes halogenated alkanes) is 10. The van der Waals surface area contributed by atoms with E-state index in [1.807, 2.05) is 0 Å². The Balaban J connectivity index is 4.27. The Morgan fingerprint density at radius 2 is 1.16 bits per heavy atom. The Labute approximate surface area is 158 Å². The molecule has 0 aromatic carbocycles. The number of hydrogen-bond acceptors (Lipinski definition) is 2. The van der Waals surface area contributed by atoms with Crippen molar-refractivity contribution in [1.29, 1.82) is 0 Å². The van der Waals surface area contributed by atoms with E-state index in [4.69, 9.17) is 5.73 Å². The van der Waals surface area contributed by atoms with Crippen molar-refractivity contribution < 1.29 is 4.79 Å². The molecule has 0 saturated heterocycles. The number of carbonyl (C=O) groups excluding carboxylic acids is 1. The van der Waals surface area contributed by atoms with Crippen LogP contribution in [0.3, 0.4) is 0 Å². The van der Waals surface area contributed by atoms with Gasteiger partial charge in [0.1, 0.15) is 0 Å². The van der Waals surface area contributed by atoms with Gasteiger partial charge in [0.05, 0.1) is 6.04 Å². The molecule has 0 saturated carbocycles. The second-order valence-corrected chi connectivity index (χ2v) is 7.77. The maximum atomic E-state index is 12.8. The molecule has 3 nitrogen and oxygen atoms in total. The highest BCUT2D eigenvalue weighted by Gasteiger charge is 2.24. The number of hydrogen-bond donors (Lipinski definition) is 1. The van der Waals surface area contributed by atoms with Crippen LogP contribution in [0.2, 0.25) is 0 Å². The first-order valence-corrected chi connectivity index (χ1v) is 11.1. The van der Waals surface area contributed by atoms with Crippen molar-refractivity contribution in [2.24, 2.45) is 11.7 Å². The summed E-state index contributed by atoms with van der Waals surface area (Å²) in [7, 11) is 0. The third-order valence-electron chi connectivity index (χ3n) is 5.42. The van der Waals surface area contributed by atoms with Crippen LogP contribution >= 0.6 is 0 Å². The van der Waals surface area contributed by atoms with E-state index in [0.717, 1.165) is 32.4 Å². The van der Waals surface area contributed by atoms with E-state index in [2.05, 4.69) is 32.6 Å². The van der Waals surface area contributed by atoms with E-state index >= 15 is 0 Å². The zero-order valence-corrected chi connectivity index (χ0v) is 17.7. The summed E-state index contributed by atoms with van der Waals surface area (Å²) in [6.07, 6.45) is 16.2. The van der Waals surface area contributed by atoms with Crippen molar-refractivity contribution in [1.82, 2.24) is 4.90 Å². The predicted octanol–water partition coefficient (Wildman–Crippen LogP) is 5.91. The summed E-state index contributed by atoms with van der Waals surface area (Å²) in [5.41, 5.74) is 6.22. The summed E-state index contributed by atoms with van der Waals surface area (Å²) in [6, 6.07) is -0.329. The van der Waals surface area contributed by atoms with Gasteiger partial charge in [-0.25, -0.2) is 0 Å². The molecule has 0 rings (SSSR count). The Hall–Kier alpha value is -0.570. The van der Waals surface area contributed by atoms with E-state index in [1.54, 1.807) is 0 Å². The van der Waals surface area contributed by atoms with Gasteiger partial charge in [0.2, 0.25) is 5.91 Å². The minimum Gasteiger partial charge on any atom is -0.341 e. The summed E-state index contributed by atoms with van der Waals surface area (Å²) >= 11 is 0. The molecule has 0 heterocycles. The molecule has 0 aromatic rings. The smallest absolute Gasteiger partial charge is 0.239 e. The lowest BCUT2D eigenvalue weighted by Gasteiger charge is -2.28. The van der Waals surface area contributed by atoms with Crippen LogP contribution in [0.15, 0.2) is 0 Å². The first-order valence-electron chi connectivity index (χ1n) is 11.1. The molecule has 0 aliphatic heterocycles. The molecule has 0 radical (unpaired) electrons. The second kappa shape index (κ2) is 16.9. The van der Waals surface area contributed by atoms with Gasteiger partial charge in [-0.2, -0.15) is 0 Å². The van der Waals surface area contributed by atoms with Crippen LogP contribution in [-0.2, 0) is 4.79 Å². The van der Waals surface area contributed by atoms with E-state index in [1.165, 1.54) is 64.2 Å². The quantitative estimate of drug-likeness (QED) is 0.330. The zero-order valence-electron chi connectivity index (χ0n) is 17.7. The fourth-order valence-electron chi connectivity index (χ4n) is 3.21. The van der Waals surface area contributed by atoms with Gasteiger partial charge in [0.15, 0.2) is 0 Å². The van der Waals surface area contributed by atoms with Gasteiger partial charge >= 0.3 is 0 Å². The van der Waals surface area contributed by atoms with Crippen LogP contribution in [0.25, 0.3) is 0 Å². The van der Waals surface area contributed by atoms with Crippen LogP contribution in [0.5, 0.6) is 0 Å². The summed E-state index contributed by atoms with van der Waals surface area (Å²) in [5, 5.41) is 0. The molecule has 0 unspecified atom stereocenters. The molecule has 150 valence electrons. The number of rotatable bonds is 17. The second-order valence-electron chi connectivity index (χ2n) is 7.77.